The zero-order chi connectivity index (χ0) is 19.6. The fourth-order valence-electron chi connectivity index (χ4n) is 2.87. The predicted octanol–water partition coefficient (Wildman–Crippen LogP) is 3.85. The molecule has 0 unspecified atom stereocenters. The molecule has 0 spiro atoms. The van der Waals surface area contributed by atoms with Crippen molar-refractivity contribution in [1.29, 1.82) is 0 Å². The number of benzene rings is 1. The number of nitrogens with one attached hydrogen (secondary N) is 2. The number of thiophene rings is 1. The van der Waals surface area contributed by atoms with E-state index in [0.717, 1.165) is 31.4 Å². The Balaban J connectivity index is 1.56. The number of hydrazine groups is 1. The summed E-state index contributed by atoms with van der Waals surface area (Å²) in [6.45, 7) is 2.17. The van der Waals surface area contributed by atoms with Crippen molar-refractivity contribution >= 4 is 23.2 Å². The maximum Gasteiger partial charge on any atom is 0.573 e. The van der Waals surface area contributed by atoms with Crippen LogP contribution in [0.25, 0.3) is 0 Å². The quantitative estimate of drug-likeness (QED) is 0.772. The average molecular weight is 398 g/mol. The minimum Gasteiger partial charge on any atom is -0.406 e. The van der Waals surface area contributed by atoms with E-state index in [1.54, 1.807) is 0 Å². The second-order valence-electron chi connectivity index (χ2n) is 6.39. The molecule has 0 aliphatic heterocycles. The Kier molecular flexibility index (Phi) is 5.41. The molecule has 144 valence electrons. The van der Waals surface area contributed by atoms with Gasteiger partial charge in [0.1, 0.15) is 5.75 Å². The van der Waals surface area contributed by atoms with Crippen LogP contribution in [0.1, 0.15) is 43.8 Å². The number of ether oxygens (including phenoxy) is 1. The lowest BCUT2D eigenvalue weighted by Crippen LogP contribution is -2.41. The molecule has 0 radical (unpaired) electrons. The summed E-state index contributed by atoms with van der Waals surface area (Å²) in [4.78, 5) is 26.0. The summed E-state index contributed by atoms with van der Waals surface area (Å²) in [7, 11) is 0. The first-order valence-electron chi connectivity index (χ1n) is 8.29. The first-order chi connectivity index (χ1) is 12.7. The number of hydrogen-bond donors (Lipinski definition) is 2. The van der Waals surface area contributed by atoms with E-state index in [1.165, 1.54) is 33.9 Å². The molecular weight excluding hydrogens is 381 g/mol. The lowest BCUT2D eigenvalue weighted by molar-refractivity contribution is -0.274. The molecule has 1 aliphatic rings. The molecule has 1 aromatic carbocycles. The van der Waals surface area contributed by atoms with E-state index in [9.17, 15) is 22.8 Å². The smallest absolute Gasteiger partial charge is 0.406 e. The Bertz CT molecular complexity index is 847. The second kappa shape index (κ2) is 7.59. The highest BCUT2D eigenvalue weighted by molar-refractivity contribution is 7.14. The maximum atomic E-state index is 12.2. The molecule has 0 bridgehead atoms. The van der Waals surface area contributed by atoms with Gasteiger partial charge in [0.2, 0.25) is 0 Å². The van der Waals surface area contributed by atoms with Gasteiger partial charge < -0.3 is 4.74 Å². The minimum absolute atomic E-state index is 0.0872. The van der Waals surface area contributed by atoms with Gasteiger partial charge in [-0.1, -0.05) is 6.92 Å². The van der Waals surface area contributed by atoms with E-state index in [-0.39, 0.29) is 5.56 Å². The van der Waals surface area contributed by atoms with Gasteiger partial charge in [-0.2, -0.15) is 0 Å². The standard InChI is InChI=1S/C18H17F3N2O3S/c1-10-2-7-14-12(8-10)9-15(27-14)17(25)23-22-16(24)11-3-5-13(6-4-11)26-18(19,20)21/h3-6,9-10H,2,7-8H2,1H3,(H,22,24)(H,23,25)/t10-/m0/s1. The first kappa shape index (κ1) is 19.2. The van der Waals surface area contributed by atoms with Crippen molar-refractivity contribution in [3.8, 4) is 5.75 Å². The zero-order valence-corrected chi connectivity index (χ0v) is 15.2. The third kappa shape index (κ3) is 5.00. The number of fused-ring (bicyclic) bond motifs is 1. The molecule has 27 heavy (non-hydrogen) atoms. The number of carbonyl (C=O) groups is 2. The molecular formula is C18H17F3N2O3S. The van der Waals surface area contributed by atoms with Gasteiger partial charge in [-0.05, 0) is 61.1 Å². The fraction of sp³-hybridized carbons (Fsp3) is 0.333. The lowest BCUT2D eigenvalue weighted by Gasteiger charge is -2.16. The van der Waals surface area contributed by atoms with Crippen molar-refractivity contribution in [2.75, 3.05) is 0 Å². The van der Waals surface area contributed by atoms with Crippen LogP contribution in [0.4, 0.5) is 13.2 Å². The van der Waals surface area contributed by atoms with Crippen LogP contribution in [0.15, 0.2) is 30.3 Å². The number of aryl methyl sites for hydroxylation is 1. The largest absolute Gasteiger partial charge is 0.573 e. The molecule has 0 fully saturated rings. The molecule has 1 heterocycles. The topological polar surface area (TPSA) is 67.4 Å². The molecule has 0 saturated heterocycles. The van der Waals surface area contributed by atoms with E-state index in [4.69, 9.17) is 0 Å². The van der Waals surface area contributed by atoms with Crippen LogP contribution in [-0.2, 0) is 12.8 Å². The molecule has 1 aromatic heterocycles. The van der Waals surface area contributed by atoms with E-state index in [2.05, 4.69) is 22.5 Å². The van der Waals surface area contributed by atoms with Gasteiger partial charge in [0.25, 0.3) is 11.8 Å². The number of rotatable bonds is 3. The first-order valence-corrected chi connectivity index (χ1v) is 9.11. The van der Waals surface area contributed by atoms with Gasteiger partial charge in [0, 0.05) is 10.4 Å². The molecule has 9 heteroatoms. The summed E-state index contributed by atoms with van der Waals surface area (Å²) in [5.41, 5.74) is 5.85. The van der Waals surface area contributed by atoms with Crippen molar-refractivity contribution in [3.05, 3.63) is 51.2 Å². The highest BCUT2D eigenvalue weighted by atomic mass is 32.1. The van der Waals surface area contributed by atoms with Crippen LogP contribution in [0, 0.1) is 5.92 Å². The Morgan fingerprint density at radius 2 is 1.81 bits per heavy atom. The SMILES string of the molecule is C[C@H]1CCc2sc(C(=O)NNC(=O)c3ccc(OC(F)(F)F)cc3)cc2C1. The van der Waals surface area contributed by atoms with Crippen LogP contribution in [0.2, 0.25) is 0 Å². The van der Waals surface area contributed by atoms with Gasteiger partial charge >= 0.3 is 6.36 Å². The molecule has 2 N–H and O–H groups in total. The third-order valence-electron chi connectivity index (χ3n) is 4.19. The van der Waals surface area contributed by atoms with Gasteiger partial charge in [-0.15, -0.1) is 24.5 Å². The van der Waals surface area contributed by atoms with Crippen LogP contribution >= 0.6 is 11.3 Å². The number of halogens is 3. The highest BCUT2D eigenvalue weighted by Crippen LogP contribution is 2.32. The van der Waals surface area contributed by atoms with E-state index in [1.807, 2.05) is 6.07 Å². The number of alkyl halides is 3. The second-order valence-corrected chi connectivity index (χ2v) is 7.52. The van der Waals surface area contributed by atoms with Crippen molar-refractivity contribution in [1.82, 2.24) is 10.9 Å². The van der Waals surface area contributed by atoms with Crippen molar-refractivity contribution in [2.45, 2.75) is 32.5 Å². The number of carbonyl (C=O) groups excluding carboxylic acids is 2. The van der Waals surface area contributed by atoms with Gasteiger partial charge in [-0.25, -0.2) is 0 Å². The Morgan fingerprint density at radius 3 is 2.48 bits per heavy atom. The van der Waals surface area contributed by atoms with Crippen molar-refractivity contribution < 1.29 is 27.5 Å². The highest BCUT2D eigenvalue weighted by Gasteiger charge is 2.31. The molecule has 2 aromatic rings. The van der Waals surface area contributed by atoms with E-state index >= 15 is 0 Å². The molecule has 5 nitrogen and oxygen atoms in total. The Hall–Kier alpha value is -2.55. The van der Waals surface area contributed by atoms with E-state index in [0.29, 0.717) is 10.8 Å². The monoisotopic (exact) mass is 398 g/mol. The minimum atomic E-state index is -4.80. The van der Waals surface area contributed by atoms with Crippen LogP contribution in [0.3, 0.4) is 0 Å². The predicted molar refractivity (Wildman–Crippen MR) is 93.6 cm³/mol. The molecule has 1 atom stereocenters. The van der Waals surface area contributed by atoms with Crippen LogP contribution < -0.4 is 15.6 Å². The number of hydrogen-bond acceptors (Lipinski definition) is 4. The van der Waals surface area contributed by atoms with Gasteiger partial charge in [0.15, 0.2) is 0 Å². The lowest BCUT2D eigenvalue weighted by atomic mass is 9.90. The zero-order valence-electron chi connectivity index (χ0n) is 14.4. The van der Waals surface area contributed by atoms with Crippen molar-refractivity contribution in [3.63, 3.8) is 0 Å². The van der Waals surface area contributed by atoms with Crippen LogP contribution in [0.5, 0.6) is 5.75 Å². The molecule has 0 saturated carbocycles. The molecule has 2 amide bonds. The normalized spacial score (nSPS) is 16.4. The Morgan fingerprint density at radius 1 is 1.15 bits per heavy atom. The van der Waals surface area contributed by atoms with Crippen molar-refractivity contribution in [2.24, 2.45) is 5.92 Å². The average Bonchev–Trinajstić information content (AvgIpc) is 3.01. The summed E-state index contributed by atoms with van der Waals surface area (Å²) in [6, 6.07) is 6.25. The molecule has 3 rings (SSSR count). The Labute approximate surface area is 157 Å². The summed E-state index contributed by atoms with van der Waals surface area (Å²) < 4.78 is 40.1. The summed E-state index contributed by atoms with van der Waals surface area (Å²) in [5.74, 6) is -0.905. The molecule has 1 aliphatic carbocycles. The van der Waals surface area contributed by atoms with Gasteiger partial charge in [-0.3, -0.25) is 20.4 Å². The fourth-order valence-corrected chi connectivity index (χ4v) is 3.98. The summed E-state index contributed by atoms with van der Waals surface area (Å²) >= 11 is 1.41. The van der Waals surface area contributed by atoms with Crippen LogP contribution in [-0.4, -0.2) is 18.2 Å². The maximum absolute atomic E-state index is 12.2. The summed E-state index contributed by atoms with van der Waals surface area (Å²) in [5, 5.41) is 0. The van der Waals surface area contributed by atoms with Gasteiger partial charge in [0.05, 0.1) is 4.88 Å². The summed E-state index contributed by atoms with van der Waals surface area (Å²) in [6.07, 6.45) is -1.81. The van der Waals surface area contributed by atoms with E-state index < -0.39 is 23.9 Å². The third-order valence-corrected chi connectivity index (χ3v) is 5.43. The number of amides is 2.